The maximum atomic E-state index is 12.1. The van der Waals surface area contributed by atoms with Crippen LogP contribution in [0.4, 0.5) is 0 Å². The molecule has 0 heterocycles. The third-order valence-corrected chi connectivity index (χ3v) is 4.20. The number of nitrogens with two attached hydrogens (primary N) is 1. The molecule has 1 aromatic carbocycles. The van der Waals surface area contributed by atoms with Crippen LogP contribution in [0.1, 0.15) is 38.8 Å². The number of rotatable bonds is 6. The average Bonchev–Trinajstić information content (AvgIpc) is 2.34. The Labute approximate surface area is 121 Å². The van der Waals surface area contributed by atoms with Gasteiger partial charge in [-0.05, 0) is 17.4 Å². The molecule has 0 aliphatic carbocycles. The molecular formula is C14H23N3O2S. The Kier molecular flexibility index (Phi) is 5.30. The third kappa shape index (κ3) is 5.71. The Morgan fingerprint density at radius 2 is 1.85 bits per heavy atom. The predicted octanol–water partition coefficient (Wildman–Crippen LogP) is 2.02. The van der Waals surface area contributed by atoms with Gasteiger partial charge in [0.2, 0.25) is 10.0 Å². The molecule has 20 heavy (non-hydrogen) atoms. The van der Waals surface area contributed by atoms with Gasteiger partial charge in [0.15, 0.2) is 0 Å². The SMILES string of the molecule is CC(C)(C)CCS(=O)(=O)NC(C(=N)N)c1ccccc1. The molecule has 0 aromatic heterocycles. The molecular weight excluding hydrogens is 274 g/mol. The lowest BCUT2D eigenvalue weighted by atomic mass is 9.94. The molecule has 6 heteroatoms. The Hall–Kier alpha value is -1.40. The normalized spacial score (nSPS) is 13.9. The van der Waals surface area contributed by atoms with Crippen molar-refractivity contribution < 1.29 is 8.42 Å². The van der Waals surface area contributed by atoms with Crippen LogP contribution in [-0.4, -0.2) is 20.0 Å². The summed E-state index contributed by atoms with van der Waals surface area (Å²) in [5, 5.41) is 7.57. The van der Waals surface area contributed by atoms with Crippen LogP contribution in [0.25, 0.3) is 0 Å². The van der Waals surface area contributed by atoms with Crippen LogP contribution in [0.3, 0.4) is 0 Å². The Morgan fingerprint density at radius 3 is 2.30 bits per heavy atom. The second kappa shape index (κ2) is 6.37. The molecule has 0 aliphatic rings. The van der Waals surface area contributed by atoms with E-state index in [9.17, 15) is 8.42 Å². The third-order valence-electron chi connectivity index (χ3n) is 2.86. The lowest BCUT2D eigenvalue weighted by molar-refractivity contribution is 0.396. The molecule has 1 rings (SSSR count). The second-order valence-electron chi connectivity index (χ2n) is 6.05. The molecule has 1 unspecified atom stereocenters. The van der Waals surface area contributed by atoms with Gasteiger partial charge in [0.05, 0.1) is 5.75 Å². The number of hydrogen-bond donors (Lipinski definition) is 3. The molecule has 0 saturated carbocycles. The molecule has 0 fully saturated rings. The van der Waals surface area contributed by atoms with Crippen molar-refractivity contribution in [3.8, 4) is 0 Å². The zero-order chi connectivity index (χ0) is 15.4. The molecule has 0 aliphatic heterocycles. The molecule has 1 aromatic rings. The van der Waals surface area contributed by atoms with Gasteiger partial charge in [-0.3, -0.25) is 5.41 Å². The number of sulfonamides is 1. The highest BCUT2D eigenvalue weighted by Gasteiger charge is 2.23. The summed E-state index contributed by atoms with van der Waals surface area (Å²) in [5.74, 6) is -0.192. The first kappa shape index (κ1) is 16.7. The number of benzene rings is 1. The highest BCUT2D eigenvalue weighted by Crippen LogP contribution is 2.20. The zero-order valence-corrected chi connectivity index (χ0v) is 13.0. The van der Waals surface area contributed by atoms with E-state index >= 15 is 0 Å². The molecule has 5 nitrogen and oxygen atoms in total. The van der Waals surface area contributed by atoms with E-state index in [1.807, 2.05) is 26.8 Å². The molecule has 4 N–H and O–H groups in total. The minimum Gasteiger partial charge on any atom is -0.386 e. The summed E-state index contributed by atoms with van der Waals surface area (Å²) in [6.45, 7) is 5.96. The van der Waals surface area contributed by atoms with Crippen molar-refractivity contribution in [3.05, 3.63) is 35.9 Å². The van der Waals surface area contributed by atoms with E-state index in [0.29, 0.717) is 12.0 Å². The van der Waals surface area contributed by atoms with Crippen molar-refractivity contribution in [1.82, 2.24) is 4.72 Å². The standard InChI is InChI=1S/C14H23N3O2S/c1-14(2,3)9-10-20(18,19)17-12(13(15)16)11-7-5-4-6-8-11/h4-8,12,17H,9-10H2,1-3H3,(H3,15,16). The van der Waals surface area contributed by atoms with Crippen LogP contribution in [0, 0.1) is 10.8 Å². The minimum atomic E-state index is -3.48. The first-order valence-corrected chi connectivity index (χ1v) is 8.15. The van der Waals surface area contributed by atoms with Crippen molar-refractivity contribution in [2.24, 2.45) is 11.1 Å². The Bertz CT molecular complexity index is 548. The Balaban J connectivity index is 2.84. The van der Waals surface area contributed by atoms with Crippen LogP contribution >= 0.6 is 0 Å². The van der Waals surface area contributed by atoms with E-state index in [2.05, 4.69) is 4.72 Å². The molecule has 0 saturated heterocycles. The number of nitrogens with one attached hydrogen (secondary N) is 2. The van der Waals surface area contributed by atoms with Crippen molar-refractivity contribution in [3.63, 3.8) is 0 Å². The molecule has 0 radical (unpaired) electrons. The van der Waals surface area contributed by atoms with Gasteiger partial charge in [0, 0.05) is 0 Å². The summed E-state index contributed by atoms with van der Waals surface area (Å²) < 4.78 is 26.7. The monoisotopic (exact) mass is 297 g/mol. The summed E-state index contributed by atoms with van der Waals surface area (Å²) in [6, 6.07) is 8.09. The molecule has 0 amide bonds. The van der Waals surface area contributed by atoms with E-state index in [0.717, 1.165) is 0 Å². The quantitative estimate of drug-likeness (QED) is 0.553. The summed E-state index contributed by atoms with van der Waals surface area (Å²) in [7, 11) is -3.48. The van der Waals surface area contributed by atoms with Crippen LogP contribution in [0.5, 0.6) is 0 Å². The summed E-state index contributed by atoms with van der Waals surface area (Å²) in [4.78, 5) is 0. The van der Waals surface area contributed by atoms with Crippen LogP contribution in [0.15, 0.2) is 30.3 Å². The maximum Gasteiger partial charge on any atom is 0.212 e. The van der Waals surface area contributed by atoms with Crippen LogP contribution < -0.4 is 10.5 Å². The largest absolute Gasteiger partial charge is 0.386 e. The Morgan fingerprint density at radius 1 is 1.30 bits per heavy atom. The van der Waals surface area contributed by atoms with Crippen LogP contribution in [-0.2, 0) is 10.0 Å². The van der Waals surface area contributed by atoms with Gasteiger partial charge in [-0.25, -0.2) is 13.1 Å². The minimum absolute atomic E-state index is 0.0209. The highest BCUT2D eigenvalue weighted by molar-refractivity contribution is 7.89. The van der Waals surface area contributed by atoms with Crippen molar-refractivity contribution in [2.75, 3.05) is 5.75 Å². The van der Waals surface area contributed by atoms with Gasteiger partial charge in [-0.15, -0.1) is 0 Å². The van der Waals surface area contributed by atoms with Gasteiger partial charge in [-0.1, -0.05) is 51.1 Å². The molecule has 112 valence electrons. The summed E-state index contributed by atoms with van der Waals surface area (Å²) in [6.07, 6.45) is 0.543. The van der Waals surface area contributed by atoms with E-state index in [1.165, 1.54) is 0 Å². The highest BCUT2D eigenvalue weighted by atomic mass is 32.2. The summed E-state index contributed by atoms with van der Waals surface area (Å²) >= 11 is 0. The fourth-order valence-electron chi connectivity index (χ4n) is 1.64. The van der Waals surface area contributed by atoms with Gasteiger partial charge >= 0.3 is 0 Å². The van der Waals surface area contributed by atoms with E-state index < -0.39 is 16.1 Å². The van der Waals surface area contributed by atoms with Gasteiger partial charge < -0.3 is 5.73 Å². The van der Waals surface area contributed by atoms with E-state index in [4.69, 9.17) is 11.1 Å². The van der Waals surface area contributed by atoms with Crippen molar-refractivity contribution in [1.29, 1.82) is 5.41 Å². The first-order chi connectivity index (χ1) is 9.11. The molecule has 1 atom stereocenters. The number of hydrogen-bond acceptors (Lipinski definition) is 3. The lowest BCUT2D eigenvalue weighted by Gasteiger charge is -2.21. The van der Waals surface area contributed by atoms with E-state index in [1.54, 1.807) is 24.3 Å². The summed E-state index contributed by atoms with van der Waals surface area (Å²) in [5.41, 5.74) is 6.12. The van der Waals surface area contributed by atoms with Gasteiger partial charge in [-0.2, -0.15) is 0 Å². The zero-order valence-electron chi connectivity index (χ0n) is 12.2. The second-order valence-corrected chi connectivity index (χ2v) is 7.92. The predicted molar refractivity (Wildman–Crippen MR) is 82.1 cm³/mol. The van der Waals surface area contributed by atoms with Crippen LogP contribution in [0.2, 0.25) is 0 Å². The smallest absolute Gasteiger partial charge is 0.212 e. The van der Waals surface area contributed by atoms with Gasteiger partial charge in [0.1, 0.15) is 11.9 Å². The molecule has 0 bridgehead atoms. The number of amidine groups is 1. The van der Waals surface area contributed by atoms with Crippen molar-refractivity contribution >= 4 is 15.9 Å². The maximum absolute atomic E-state index is 12.1. The van der Waals surface area contributed by atoms with Crippen molar-refractivity contribution in [2.45, 2.75) is 33.2 Å². The first-order valence-electron chi connectivity index (χ1n) is 6.50. The molecule has 0 spiro atoms. The lowest BCUT2D eigenvalue weighted by Crippen LogP contribution is -2.38. The average molecular weight is 297 g/mol. The fraction of sp³-hybridized carbons (Fsp3) is 0.500. The fourth-order valence-corrected chi connectivity index (χ4v) is 3.26. The topological polar surface area (TPSA) is 96.0 Å². The van der Waals surface area contributed by atoms with E-state index in [-0.39, 0.29) is 17.0 Å². The van der Waals surface area contributed by atoms with Gasteiger partial charge in [0.25, 0.3) is 0 Å².